The fourth-order valence-corrected chi connectivity index (χ4v) is 2.65. The normalized spacial score (nSPS) is 12.4. The van der Waals surface area contributed by atoms with E-state index in [0.29, 0.717) is 17.2 Å². The molecule has 0 saturated carbocycles. The number of nitrogens with one attached hydrogen (secondary N) is 1. The molecule has 1 unspecified atom stereocenters. The van der Waals surface area contributed by atoms with E-state index in [9.17, 15) is 22.8 Å². The van der Waals surface area contributed by atoms with E-state index in [2.05, 4.69) is 25.0 Å². The Morgan fingerprint density at radius 2 is 1.81 bits per heavy atom. The average molecular weight is 454 g/mol. The largest absolute Gasteiger partial charge is 0.480 e. The van der Waals surface area contributed by atoms with Gasteiger partial charge < -0.3 is 14.8 Å². The fourth-order valence-electron chi connectivity index (χ4n) is 2.65. The average Bonchev–Trinajstić information content (AvgIpc) is 2.70. The van der Waals surface area contributed by atoms with Crippen LogP contribution in [-0.2, 0) is 11.2 Å². The SMILES string of the molecule is COc1nc(OCC(F)(F)F)ccc1C(=O)NC(C)c1cc(C)nc(CC(=O)C(C)C)n1. The minimum atomic E-state index is -4.52. The van der Waals surface area contributed by atoms with Gasteiger partial charge >= 0.3 is 6.18 Å². The third-order valence-electron chi connectivity index (χ3n) is 4.34. The highest BCUT2D eigenvalue weighted by atomic mass is 19.4. The Kier molecular flexibility index (Phi) is 8.12. The number of ketones is 1. The van der Waals surface area contributed by atoms with Crippen molar-refractivity contribution in [3.05, 3.63) is 41.0 Å². The van der Waals surface area contributed by atoms with Gasteiger partial charge in [-0.25, -0.2) is 9.97 Å². The number of hydrogen-bond acceptors (Lipinski definition) is 7. The molecule has 0 saturated heterocycles. The zero-order chi connectivity index (χ0) is 24.1. The lowest BCUT2D eigenvalue weighted by Crippen LogP contribution is -2.28. The number of Topliss-reactive ketones (excluding diaryl/α,β-unsaturated/α-hetero) is 1. The van der Waals surface area contributed by atoms with Gasteiger partial charge in [-0.05, 0) is 26.0 Å². The van der Waals surface area contributed by atoms with Crippen LogP contribution >= 0.6 is 0 Å². The molecule has 11 heteroatoms. The zero-order valence-corrected chi connectivity index (χ0v) is 18.4. The second-order valence-corrected chi connectivity index (χ2v) is 7.45. The number of aromatic nitrogens is 3. The van der Waals surface area contributed by atoms with Gasteiger partial charge in [0.1, 0.15) is 17.2 Å². The van der Waals surface area contributed by atoms with Gasteiger partial charge in [0.15, 0.2) is 6.61 Å². The van der Waals surface area contributed by atoms with Crippen molar-refractivity contribution in [2.24, 2.45) is 5.92 Å². The molecule has 2 aromatic heterocycles. The number of halogens is 3. The van der Waals surface area contributed by atoms with Gasteiger partial charge in [0.2, 0.25) is 11.8 Å². The van der Waals surface area contributed by atoms with Crippen molar-refractivity contribution in [3.8, 4) is 11.8 Å². The Bertz CT molecular complexity index is 980. The third-order valence-corrected chi connectivity index (χ3v) is 4.34. The van der Waals surface area contributed by atoms with E-state index in [4.69, 9.17) is 4.74 Å². The molecule has 174 valence electrons. The Hall–Kier alpha value is -3.24. The van der Waals surface area contributed by atoms with Crippen molar-refractivity contribution >= 4 is 11.7 Å². The second kappa shape index (κ2) is 10.4. The minimum absolute atomic E-state index is 0.00174. The van der Waals surface area contributed by atoms with Crippen molar-refractivity contribution < 1.29 is 32.2 Å². The zero-order valence-electron chi connectivity index (χ0n) is 18.4. The van der Waals surface area contributed by atoms with Crippen molar-refractivity contribution in [1.82, 2.24) is 20.3 Å². The summed E-state index contributed by atoms with van der Waals surface area (Å²) in [4.78, 5) is 37.2. The van der Waals surface area contributed by atoms with Crippen LogP contribution in [0.3, 0.4) is 0 Å². The molecular formula is C21H25F3N4O4. The second-order valence-electron chi connectivity index (χ2n) is 7.45. The lowest BCUT2D eigenvalue weighted by molar-refractivity contribution is -0.154. The number of nitrogens with zero attached hydrogens (tertiary/aromatic N) is 3. The third kappa shape index (κ3) is 7.17. The number of methoxy groups -OCH3 is 1. The Labute approximate surface area is 183 Å². The van der Waals surface area contributed by atoms with Crippen molar-refractivity contribution in [1.29, 1.82) is 0 Å². The van der Waals surface area contributed by atoms with Crippen molar-refractivity contribution in [2.45, 2.75) is 46.3 Å². The van der Waals surface area contributed by atoms with Gasteiger partial charge in [0.25, 0.3) is 5.91 Å². The Morgan fingerprint density at radius 3 is 2.41 bits per heavy atom. The van der Waals surface area contributed by atoms with E-state index in [1.807, 2.05) is 0 Å². The maximum Gasteiger partial charge on any atom is 0.422 e. The summed E-state index contributed by atoms with van der Waals surface area (Å²) >= 11 is 0. The smallest absolute Gasteiger partial charge is 0.422 e. The summed E-state index contributed by atoms with van der Waals surface area (Å²) < 4.78 is 46.6. The van der Waals surface area contributed by atoms with Crippen LogP contribution in [0, 0.1) is 12.8 Å². The molecule has 32 heavy (non-hydrogen) atoms. The molecule has 0 radical (unpaired) electrons. The number of ether oxygens (including phenoxy) is 2. The molecule has 2 aromatic rings. The maximum absolute atomic E-state index is 12.7. The summed E-state index contributed by atoms with van der Waals surface area (Å²) in [5, 5.41) is 2.74. The molecule has 1 N–H and O–H groups in total. The highest BCUT2D eigenvalue weighted by Crippen LogP contribution is 2.23. The summed E-state index contributed by atoms with van der Waals surface area (Å²) in [7, 11) is 1.24. The van der Waals surface area contributed by atoms with E-state index in [-0.39, 0.29) is 35.4 Å². The number of hydrogen-bond donors (Lipinski definition) is 1. The molecule has 1 amide bonds. The number of rotatable bonds is 9. The molecule has 0 aliphatic carbocycles. The van der Waals surface area contributed by atoms with Crippen LogP contribution in [0.4, 0.5) is 13.2 Å². The number of amides is 1. The molecule has 1 atom stereocenters. The number of carbonyl (C=O) groups is 2. The predicted octanol–water partition coefficient (Wildman–Crippen LogP) is 3.39. The van der Waals surface area contributed by atoms with E-state index < -0.39 is 24.7 Å². The highest BCUT2D eigenvalue weighted by molar-refractivity contribution is 5.96. The lowest BCUT2D eigenvalue weighted by atomic mass is 10.1. The summed E-state index contributed by atoms with van der Waals surface area (Å²) in [6.07, 6.45) is -4.43. The number of aryl methyl sites for hydroxylation is 1. The van der Waals surface area contributed by atoms with Gasteiger partial charge in [-0.3, -0.25) is 9.59 Å². The first-order chi connectivity index (χ1) is 14.9. The molecule has 2 heterocycles. The van der Waals surface area contributed by atoms with Crippen LogP contribution in [0.2, 0.25) is 0 Å². The predicted molar refractivity (Wildman–Crippen MR) is 109 cm³/mol. The quantitative estimate of drug-likeness (QED) is 0.619. The van der Waals surface area contributed by atoms with Gasteiger partial charge in [-0.15, -0.1) is 0 Å². The van der Waals surface area contributed by atoms with Crippen molar-refractivity contribution in [2.75, 3.05) is 13.7 Å². The molecule has 0 aromatic carbocycles. The van der Waals surface area contributed by atoms with E-state index in [1.165, 1.54) is 13.2 Å². The van der Waals surface area contributed by atoms with Gasteiger partial charge in [-0.2, -0.15) is 18.2 Å². The summed E-state index contributed by atoms with van der Waals surface area (Å²) in [6.45, 7) is 5.54. The first-order valence-electron chi connectivity index (χ1n) is 9.82. The van der Waals surface area contributed by atoms with Crippen LogP contribution in [0.5, 0.6) is 11.8 Å². The summed E-state index contributed by atoms with van der Waals surface area (Å²) in [5.74, 6) is -0.860. The van der Waals surface area contributed by atoms with Crippen LogP contribution < -0.4 is 14.8 Å². The number of pyridine rings is 1. The molecule has 0 aliphatic rings. The monoisotopic (exact) mass is 454 g/mol. The van der Waals surface area contributed by atoms with Gasteiger partial charge in [0.05, 0.1) is 25.3 Å². The van der Waals surface area contributed by atoms with E-state index in [1.54, 1.807) is 33.8 Å². The van der Waals surface area contributed by atoms with Gasteiger partial charge in [0, 0.05) is 17.7 Å². The molecule has 0 spiro atoms. The topological polar surface area (TPSA) is 103 Å². The van der Waals surface area contributed by atoms with E-state index in [0.717, 1.165) is 6.07 Å². The fraction of sp³-hybridized carbons (Fsp3) is 0.476. The maximum atomic E-state index is 12.7. The molecule has 0 bridgehead atoms. The summed E-state index contributed by atoms with van der Waals surface area (Å²) in [5.41, 5.74) is 1.17. The number of alkyl halides is 3. The summed E-state index contributed by atoms with van der Waals surface area (Å²) in [6, 6.07) is 3.55. The number of carbonyl (C=O) groups excluding carboxylic acids is 2. The van der Waals surface area contributed by atoms with Crippen molar-refractivity contribution in [3.63, 3.8) is 0 Å². The van der Waals surface area contributed by atoms with Crippen LogP contribution in [0.15, 0.2) is 18.2 Å². The highest BCUT2D eigenvalue weighted by Gasteiger charge is 2.29. The Balaban J connectivity index is 2.16. The molecule has 2 rings (SSSR count). The molecule has 0 fully saturated rings. The van der Waals surface area contributed by atoms with Gasteiger partial charge in [-0.1, -0.05) is 13.8 Å². The standard InChI is InChI=1S/C21H25F3N4O4/c1-11(2)16(29)9-17-25-12(3)8-15(27-17)13(4)26-19(30)14-6-7-18(28-20(14)31-5)32-10-21(22,23)24/h6-8,11,13H,9-10H2,1-5H3,(H,26,30). The van der Waals surface area contributed by atoms with E-state index >= 15 is 0 Å². The molecule has 8 nitrogen and oxygen atoms in total. The first-order valence-corrected chi connectivity index (χ1v) is 9.82. The van der Waals surface area contributed by atoms with Crippen LogP contribution in [-0.4, -0.2) is 46.5 Å². The first kappa shape index (κ1) is 25.0. The minimum Gasteiger partial charge on any atom is -0.480 e. The molecule has 0 aliphatic heterocycles. The van der Waals surface area contributed by atoms with Crippen LogP contribution in [0.25, 0.3) is 0 Å². The van der Waals surface area contributed by atoms with Crippen LogP contribution in [0.1, 0.15) is 54.4 Å². The Morgan fingerprint density at radius 1 is 1.12 bits per heavy atom. The molecular weight excluding hydrogens is 429 g/mol. The lowest BCUT2D eigenvalue weighted by Gasteiger charge is -2.16.